The van der Waals surface area contributed by atoms with E-state index >= 15 is 0 Å². The summed E-state index contributed by atoms with van der Waals surface area (Å²) in [6, 6.07) is 8.65. The van der Waals surface area contributed by atoms with E-state index in [1.165, 1.54) is 6.92 Å². The highest BCUT2D eigenvalue weighted by molar-refractivity contribution is 6.36. The zero-order chi connectivity index (χ0) is 28.0. The lowest BCUT2D eigenvalue weighted by Gasteiger charge is -2.13. The number of pyridine rings is 1. The highest BCUT2D eigenvalue weighted by Crippen LogP contribution is 2.31. The molecule has 196 valence electrons. The summed E-state index contributed by atoms with van der Waals surface area (Å²) < 4.78 is 0. The van der Waals surface area contributed by atoms with Crippen LogP contribution in [0, 0.1) is 6.92 Å². The van der Waals surface area contributed by atoms with Crippen LogP contribution in [0.3, 0.4) is 0 Å². The average molecular weight is 531 g/mol. The summed E-state index contributed by atoms with van der Waals surface area (Å²) in [4.78, 5) is 50.9. The molecule has 7 nitrogen and oxygen atoms in total. The maximum absolute atomic E-state index is 12.6. The van der Waals surface area contributed by atoms with E-state index in [-0.39, 0.29) is 41.1 Å². The summed E-state index contributed by atoms with van der Waals surface area (Å²) in [7, 11) is 0. The van der Waals surface area contributed by atoms with Crippen molar-refractivity contribution in [1.82, 2.24) is 15.0 Å². The number of benzene rings is 1. The maximum Gasteiger partial charge on any atom is 0.227 e. The average Bonchev–Trinajstić information content (AvgIpc) is 2.87. The first kappa shape index (κ1) is 28.6. The molecule has 0 unspecified atom stereocenters. The fraction of sp³-hybridized carbons (Fsp3) is 0.267. The third kappa shape index (κ3) is 6.66. The van der Waals surface area contributed by atoms with Gasteiger partial charge in [0.2, 0.25) is 5.95 Å². The molecule has 0 saturated heterocycles. The summed E-state index contributed by atoms with van der Waals surface area (Å²) in [5.74, 6) is -0.217. The molecule has 1 N–H and O–H groups in total. The second-order valence-corrected chi connectivity index (χ2v) is 9.43. The number of hydrogen-bond donors (Lipinski definition) is 1. The number of ketones is 3. The van der Waals surface area contributed by atoms with Crippen molar-refractivity contribution in [1.29, 1.82) is 0 Å². The van der Waals surface area contributed by atoms with E-state index in [0.29, 0.717) is 51.5 Å². The fourth-order valence-corrected chi connectivity index (χ4v) is 4.25. The molecule has 38 heavy (non-hydrogen) atoms. The quantitative estimate of drug-likeness (QED) is 0.205. The third-order valence-corrected chi connectivity index (χ3v) is 6.16. The van der Waals surface area contributed by atoms with Crippen molar-refractivity contribution in [2.75, 3.05) is 5.32 Å². The van der Waals surface area contributed by atoms with E-state index < -0.39 is 0 Å². The number of halogens is 1. The molecule has 2 heterocycles. The second kappa shape index (κ2) is 12.5. The number of carbonyl (C=O) groups is 3. The van der Waals surface area contributed by atoms with Crippen molar-refractivity contribution in [2.45, 2.75) is 53.9 Å². The molecule has 2 aromatic heterocycles. The van der Waals surface area contributed by atoms with Gasteiger partial charge in [0.15, 0.2) is 17.3 Å². The zero-order valence-electron chi connectivity index (χ0n) is 22.3. The first-order valence-electron chi connectivity index (χ1n) is 12.4. The maximum atomic E-state index is 12.6. The van der Waals surface area contributed by atoms with Gasteiger partial charge >= 0.3 is 0 Å². The number of carbonyl (C=O) groups excluding carboxylic acids is 3. The van der Waals surface area contributed by atoms with Gasteiger partial charge in [0.1, 0.15) is 11.4 Å². The molecular weight excluding hydrogens is 500 g/mol. The first-order chi connectivity index (χ1) is 18.0. The topological polar surface area (TPSA) is 102 Å². The zero-order valence-corrected chi connectivity index (χ0v) is 23.1. The van der Waals surface area contributed by atoms with Gasteiger partial charge in [-0.2, -0.15) is 0 Å². The van der Waals surface area contributed by atoms with Gasteiger partial charge in [-0.25, -0.2) is 15.0 Å². The SMILES string of the molecule is C=C(C)c1nc(Nc2cc(C(=O)CC)nc(C(=O)CCC)c2)ncc1/C=C(\C(C)=O)c1c(C)cccc1Cl. The molecule has 1 aromatic carbocycles. The Labute approximate surface area is 228 Å². The molecule has 0 spiro atoms. The number of aryl methyl sites for hydroxylation is 1. The van der Waals surface area contributed by atoms with Crippen molar-refractivity contribution >= 4 is 57.8 Å². The monoisotopic (exact) mass is 530 g/mol. The molecule has 3 rings (SSSR count). The normalized spacial score (nSPS) is 11.3. The molecule has 0 radical (unpaired) electrons. The van der Waals surface area contributed by atoms with Gasteiger partial charge in [-0.3, -0.25) is 14.4 Å². The molecule has 0 fully saturated rings. The Morgan fingerprint density at radius 3 is 2.32 bits per heavy atom. The van der Waals surface area contributed by atoms with E-state index in [1.807, 2.05) is 32.9 Å². The Morgan fingerprint density at radius 2 is 1.74 bits per heavy atom. The van der Waals surface area contributed by atoms with Crippen molar-refractivity contribution in [3.05, 3.63) is 81.9 Å². The summed E-state index contributed by atoms with van der Waals surface area (Å²) >= 11 is 6.45. The van der Waals surface area contributed by atoms with E-state index in [9.17, 15) is 14.4 Å². The van der Waals surface area contributed by atoms with Crippen LogP contribution in [-0.4, -0.2) is 32.3 Å². The summed E-state index contributed by atoms with van der Waals surface area (Å²) in [6.07, 6.45) is 4.58. The number of rotatable bonds is 11. The lowest BCUT2D eigenvalue weighted by molar-refractivity contribution is -0.111. The Hall–Kier alpha value is -3.97. The lowest BCUT2D eigenvalue weighted by atomic mass is 9.95. The Morgan fingerprint density at radius 1 is 1.05 bits per heavy atom. The van der Waals surface area contributed by atoms with Crippen LogP contribution < -0.4 is 5.32 Å². The minimum atomic E-state index is -0.171. The predicted octanol–water partition coefficient (Wildman–Crippen LogP) is 7.32. The van der Waals surface area contributed by atoms with E-state index in [1.54, 1.807) is 37.4 Å². The van der Waals surface area contributed by atoms with Crippen molar-refractivity contribution < 1.29 is 14.4 Å². The molecule has 0 amide bonds. The minimum Gasteiger partial charge on any atom is -0.324 e. The second-order valence-electron chi connectivity index (χ2n) is 9.03. The van der Waals surface area contributed by atoms with Crippen LogP contribution in [0.15, 0.2) is 43.1 Å². The van der Waals surface area contributed by atoms with E-state index in [0.717, 1.165) is 5.56 Å². The number of hydrogen-bond acceptors (Lipinski definition) is 7. The summed E-state index contributed by atoms with van der Waals surface area (Å²) in [5.41, 5.74) is 4.67. The fourth-order valence-electron chi connectivity index (χ4n) is 3.93. The van der Waals surface area contributed by atoms with Gasteiger partial charge < -0.3 is 5.32 Å². The number of anilines is 2. The van der Waals surface area contributed by atoms with Crippen molar-refractivity contribution in [2.24, 2.45) is 0 Å². The number of nitrogens with one attached hydrogen (secondary N) is 1. The number of allylic oxidation sites excluding steroid dienone is 2. The van der Waals surface area contributed by atoms with Gasteiger partial charge in [0, 0.05) is 46.4 Å². The third-order valence-electron chi connectivity index (χ3n) is 5.84. The van der Waals surface area contributed by atoms with Gasteiger partial charge in [-0.05, 0) is 62.6 Å². The molecule has 0 bridgehead atoms. The summed E-state index contributed by atoms with van der Waals surface area (Å²) in [6.45, 7) is 12.9. The van der Waals surface area contributed by atoms with Gasteiger partial charge in [-0.15, -0.1) is 0 Å². The van der Waals surface area contributed by atoms with E-state index in [4.69, 9.17) is 11.6 Å². The number of nitrogens with zero attached hydrogens (tertiary/aromatic N) is 3. The van der Waals surface area contributed by atoms with Crippen molar-refractivity contribution in [3.8, 4) is 0 Å². The number of Topliss-reactive ketones (excluding diaryl/α,β-unsaturated/α-hetero) is 3. The molecular formula is C30H31ClN4O3. The van der Waals surface area contributed by atoms with Crippen LogP contribution in [-0.2, 0) is 4.79 Å². The Kier molecular flexibility index (Phi) is 9.42. The highest BCUT2D eigenvalue weighted by Gasteiger charge is 2.17. The Bertz CT molecular complexity index is 1440. The molecule has 0 aliphatic carbocycles. The van der Waals surface area contributed by atoms with Crippen LogP contribution in [0.2, 0.25) is 5.02 Å². The van der Waals surface area contributed by atoms with Crippen molar-refractivity contribution in [3.63, 3.8) is 0 Å². The minimum absolute atomic E-state index is 0.142. The van der Waals surface area contributed by atoms with Crippen LogP contribution in [0.4, 0.5) is 11.6 Å². The van der Waals surface area contributed by atoms with Crippen LogP contribution in [0.1, 0.15) is 90.3 Å². The van der Waals surface area contributed by atoms with Gasteiger partial charge in [0.05, 0.1) is 5.69 Å². The molecule has 0 saturated carbocycles. The smallest absolute Gasteiger partial charge is 0.227 e. The Balaban J connectivity index is 2.08. The molecule has 3 aromatic rings. The van der Waals surface area contributed by atoms with Gasteiger partial charge in [0.25, 0.3) is 0 Å². The molecule has 8 heteroatoms. The van der Waals surface area contributed by atoms with Crippen LogP contribution in [0.25, 0.3) is 17.2 Å². The largest absolute Gasteiger partial charge is 0.324 e. The standard InChI is InChI=1S/C30H31ClN4O3/c1-7-10-27(38)25-15-21(14-24(34-25)26(37)8-2)33-30-32-16-20(29(35-30)17(3)4)13-22(19(6)36)28-18(5)11-9-12-23(28)31/h9,11-16H,3,7-8,10H2,1-2,4-6H3,(H,32,33,34,35)/b22-13+. The lowest BCUT2D eigenvalue weighted by Crippen LogP contribution is -2.10. The highest BCUT2D eigenvalue weighted by atomic mass is 35.5. The predicted molar refractivity (Wildman–Crippen MR) is 153 cm³/mol. The summed E-state index contributed by atoms with van der Waals surface area (Å²) in [5, 5.41) is 3.57. The molecule has 0 aliphatic heterocycles. The van der Waals surface area contributed by atoms with E-state index in [2.05, 4.69) is 26.8 Å². The van der Waals surface area contributed by atoms with Crippen LogP contribution in [0.5, 0.6) is 0 Å². The number of aromatic nitrogens is 3. The molecule has 0 aliphatic rings. The first-order valence-corrected chi connectivity index (χ1v) is 12.8. The van der Waals surface area contributed by atoms with Gasteiger partial charge in [-0.1, -0.05) is 44.2 Å². The molecule has 0 atom stereocenters. The van der Waals surface area contributed by atoms with Crippen LogP contribution >= 0.6 is 11.6 Å².